The Balaban J connectivity index is 2.47. The van der Waals surface area contributed by atoms with Gasteiger partial charge in [-0.1, -0.05) is 18.2 Å². The van der Waals surface area contributed by atoms with Crippen LogP contribution in [0.2, 0.25) is 0 Å². The number of hydrogen-bond donors (Lipinski definition) is 2. The number of para-hydroxylation sites is 1. The van der Waals surface area contributed by atoms with Gasteiger partial charge in [-0.15, -0.1) is 0 Å². The maximum Gasteiger partial charge on any atom is 0.152 e. The van der Waals surface area contributed by atoms with Crippen LogP contribution in [0.4, 0.5) is 5.82 Å². The number of imidazole rings is 1. The van der Waals surface area contributed by atoms with Gasteiger partial charge in [0.2, 0.25) is 0 Å². The summed E-state index contributed by atoms with van der Waals surface area (Å²) in [6.45, 7) is 4.31. The average Bonchev–Trinajstić information content (AvgIpc) is 2.89. The molecule has 6 heteroatoms. The molecule has 0 spiro atoms. The van der Waals surface area contributed by atoms with E-state index in [1.54, 1.807) is 7.11 Å². The molecular weight excluding hydrogens is 280 g/mol. The first-order valence-electron chi connectivity index (χ1n) is 7.20. The molecule has 0 saturated heterocycles. The number of aliphatic hydroxyl groups is 1. The van der Waals surface area contributed by atoms with Gasteiger partial charge >= 0.3 is 0 Å². The van der Waals surface area contributed by atoms with E-state index in [1.165, 1.54) is 0 Å². The summed E-state index contributed by atoms with van der Waals surface area (Å²) in [5, 5.41) is 10.4. The summed E-state index contributed by atoms with van der Waals surface area (Å²) in [6.07, 6.45) is 0. The van der Waals surface area contributed by atoms with Gasteiger partial charge < -0.3 is 20.1 Å². The lowest BCUT2D eigenvalue weighted by atomic mass is 10.1. The van der Waals surface area contributed by atoms with Gasteiger partial charge in [0.15, 0.2) is 5.82 Å². The molecule has 3 N–H and O–H groups in total. The minimum absolute atomic E-state index is 0.00874. The third kappa shape index (κ3) is 2.12. The number of nitrogens with two attached hydrogens (primary N) is 1. The van der Waals surface area contributed by atoms with Crippen LogP contribution in [-0.4, -0.2) is 33.4 Å². The molecule has 0 atom stereocenters. The third-order valence-corrected chi connectivity index (χ3v) is 3.98. The van der Waals surface area contributed by atoms with Gasteiger partial charge in [-0.3, -0.25) is 0 Å². The van der Waals surface area contributed by atoms with Crippen molar-refractivity contribution in [3.8, 4) is 0 Å². The Morgan fingerprint density at radius 1 is 1.27 bits per heavy atom. The van der Waals surface area contributed by atoms with Crippen LogP contribution >= 0.6 is 0 Å². The lowest BCUT2D eigenvalue weighted by Crippen LogP contribution is -2.25. The normalized spacial score (nSPS) is 12.4. The second kappa shape index (κ2) is 5.23. The van der Waals surface area contributed by atoms with Crippen molar-refractivity contribution in [3.05, 3.63) is 30.1 Å². The molecule has 0 fully saturated rings. The number of nitrogens with zero attached hydrogens (tertiary/aromatic N) is 3. The van der Waals surface area contributed by atoms with Crippen LogP contribution in [0, 0.1) is 0 Å². The predicted molar refractivity (Wildman–Crippen MR) is 86.6 cm³/mol. The van der Waals surface area contributed by atoms with Crippen molar-refractivity contribution < 1.29 is 9.84 Å². The predicted octanol–water partition coefficient (Wildman–Crippen LogP) is 2.04. The fourth-order valence-corrected chi connectivity index (χ4v) is 2.73. The van der Waals surface area contributed by atoms with Gasteiger partial charge in [-0.25, -0.2) is 9.97 Å². The largest absolute Gasteiger partial charge is 0.395 e. The van der Waals surface area contributed by atoms with E-state index in [-0.39, 0.29) is 6.61 Å². The molecule has 1 aromatic carbocycles. The number of anilines is 1. The first-order chi connectivity index (χ1) is 10.5. The fraction of sp³-hybridized carbons (Fsp3) is 0.375. The van der Waals surface area contributed by atoms with E-state index in [9.17, 15) is 5.11 Å². The fourth-order valence-electron chi connectivity index (χ4n) is 2.73. The molecule has 0 unspecified atom stereocenters. The third-order valence-electron chi connectivity index (χ3n) is 3.98. The molecule has 22 heavy (non-hydrogen) atoms. The molecule has 3 rings (SSSR count). The van der Waals surface area contributed by atoms with Gasteiger partial charge in [-0.2, -0.15) is 0 Å². The Morgan fingerprint density at radius 2 is 2.00 bits per heavy atom. The van der Waals surface area contributed by atoms with Crippen LogP contribution in [0.5, 0.6) is 0 Å². The highest BCUT2D eigenvalue weighted by Gasteiger charge is 2.29. The highest BCUT2D eigenvalue weighted by molar-refractivity contribution is 6.06. The average molecular weight is 300 g/mol. The number of benzene rings is 1. The van der Waals surface area contributed by atoms with Crippen LogP contribution in [-0.2, 0) is 16.9 Å². The van der Waals surface area contributed by atoms with Gasteiger partial charge in [0, 0.05) is 19.0 Å². The zero-order valence-electron chi connectivity index (χ0n) is 13.0. The highest BCUT2D eigenvalue weighted by atomic mass is 16.5. The Morgan fingerprint density at radius 3 is 2.68 bits per heavy atom. The molecule has 116 valence electrons. The lowest BCUT2D eigenvalue weighted by Gasteiger charge is -2.23. The zero-order valence-corrected chi connectivity index (χ0v) is 13.0. The van der Waals surface area contributed by atoms with Crippen LogP contribution in [0.15, 0.2) is 24.3 Å². The molecule has 0 aliphatic heterocycles. The van der Waals surface area contributed by atoms with Gasteiger partial charge in [0.05, 0.1) is 17.6 Å². The topological polar surface area (TPSA) is 86.2 Å². The van der Waals surface area contributed by atoms with Crippen LogP contribution in [0.3, 0.4) is 0 Å². The van der Waals surface area contributed by atoms with Crippen molar-refractivity contribution in [2.75, 3.05) is 19.5 Å². The van der Waals surface area contributed by atoms with Crippen molar-refractivity contribution in [1.82, 2.24) is 14.5 Å². The SMILES string of the molecule is COC(C)(C)c1nc2c(N)nc3ccccc3c2n1CCO. The van der Waals surface area contributed by atoms with E-state index in [2.05, 4.69) is 9.97 Å². The van der Waals surface area contributed by atoms with E-state index in [0.717, 1.165) is 22.2 Å². The standard InChI is InChI=1S/C16H20N4O2/c1-16(2,22-3)15-19-12-13(20(15)8-9-21)10-6-4-5-7-11(10)18-14(12)17/h4-7,21H,8-9H2,1-3H3,(H2,17,18). The number of rotatable bonds is 4. The quantitative estimate of drug-likeness (QED) is 0.770. The summed E-state index contributed by atoms with van der Waals surface area (Å²) in [6, 6.07) is 7.79. The van der Waals surface area contributed by atoms with Crippen LogP contribution in [0.25, 0.3) is 21.9 Å². The smallest absolute Gasteiger partial charge is 0.152 e. The molecule has 2 heterocycles. The number of fused-ring (bicyclic) bond motifs is 3. The molecule has 0 saturated carbocycles. The summed E-state index contributed by atoms with van der Waals surface area (Å²) in [5.41, 5.74) is 7.84. The van der Waals surface area contributed by atoms with Gasteiger partial charge in [-0.05, 0) is 19.9 Å². The summed E-state index contributed by atoms with van der Waals surface area (Å²) >= 11 is 0. The molecule has 6 nitrogen and oxygen atoms in total. The molecule has 0 aliphatic carbocycles. The molecule has 0 amide bonds. The maximum atomic E-state index is 9.47. The molecular formula is C16H20N4O2. The summed E-state index contributed by atoms with van der Waals surface area (Å²) in [5.74, 6) is 1.11. The summed E-state index contributed by atoms with van der Waals surface area (Å²) < 4.78 is 7.54. The van der Waals surface area contributed by atoms with Gasteiger partial charge in [0.1, 0.15) is 16.9 Å². The molecule has 0 bridgehead atoms. The zero-order chi connectivity index (χ0) is 15.9. The van der Waals surface area contributed by atoms with Crippen molar-refractivity contribution >= 4 is 27.8 Å². The molecule has 0 radical (unpaired) electrons. The maximum absolute atomic E-state index is 9.47. The highest BCUT2D eigenvalue weighted by Crippen LogP contribution is 2.33. The second-order valence-corrected chi connectivity index (χ2v) is 5.74. The van der Waals surface area contributed by atoms with Crippen LogP contribution < -0.4 is 5.73 Å². The molecule has 3 aromatic rings. The van der Waals surface area contributed by atoms with Gasteiger partial charge in [0.25, 0.3) is 0 Å². The Labute approximate surface area is 128 Å². The lowest BCUT2D eigenvalue weighted by molar-refractivity contribution is 0.00844. The van der Waals surface area contributed by atoms with Crippen molar-refractivity contribution in [1.29, 1.82) is 0 Å². The number of aromatic nitrogens is 3. The monoisotopic (exact) mass is 300 g/mol. The number of ether oxygens (including phenoxy) is 1. The van der Waals surface area contributed by atoms with Crippen LogP contribution in [0.1, 0.15) is 19.7 Å². The number of pyridine rings is 1. The summed E-state index contributed by atoms with van der Waals surface area (Å²) in [7, 11) is 1.64. The first-order valence-corrected chi connectivity index (χ1v) is 7.20. The Hall–Kier alpha value is -2.18. The van der Waals surface area contributed by atoms with Crippen molar-refractivity contribution in [2.24, 2.45) is 0 Å². The second-order valence-electron chi connectivity index (χ2n) is 5.74. The van der Waals surface area contributed by atoms with E-state index in [0.29, 0.717) is 17.9 Å². The minimum atomic E-state index is -0.596. The molecule has 0 aliphatic rings. The van der Waals surface area contributed by atoms with Crippen molar-refractivity contribution in [3.63, 3.8) is 0 Å². The van der Waals surface area contributed by atoms with E-state index >= 15 is 0 Å². The van der Waals surface area contributed by atoms with E-state index < -0.39 is 5.60 Å². The summed E-state index contributed by atoms with van der Waals surface area (Å²) in [4.78, 5) is 9.09. The number of nitrogen functional groups attached to an aromatic ring is 1. The number of methoxy groups -OCH3 is 1. The van der Waals surface area contributed by atoms with E-state index in [1.807, 2.05) is 42.7 Å². The Kier molecular flexibility index (Phi) is 3.50. The minimum Gasteiger partial charge on any atom is -0.395 e. The first kappa shape index (κ1) is 14.7. The number of aliphatic hydroxyl groups excluding tert-OH is 1. The van der Waals surface area contributed by atoms with Crippen molar-refractivity contribution in [2.45, 2.75) is 26.0 Å². The van der Waals surface area contributed by atoms with E-state index in [4.69, 9.17) is 10.5 Å². The Bertz CT molecular complexity index is 839. The number of hydrogen-bond acceptors (Lipinski definition) is 5. The molecule has 2 aromatic heterocycles.